The molecule has 0 saturated heterocycles. The van der Waals surface area contributed by atoms with Crippen molar-refractivity contribution in [1.29, 1.82) is 0 Å². The van der Waals surface area contributed by atoms with Gasteiger partial charge in [0.2, 0.25) is 0 Å². The number of methoxy groups -OCH3 is 1. The summed E-state index contributed by atoms with van der Waals surface area (Å²) in [5.41, 5.74) is 2.01. The molecule has 14 heavy (non-hydrogen) atoms. The predicted molar refractivity (Wildman–Crippen MR) is 51.1 cm³/mol. The number of carbonyl (C=O) groups excluding carboxylic acids is 1. The normalized spacial score (nSPS) is 9.86. The van der Waals surface area contributed by atoms with Crippen LogP contribution in [0, 0.1) is 6.92 Å². The first-order chi connectivity index (χ1) is 6.63. The highest BCUT2D eigenvalue weighted by molar-refractivity contribution is 5.64. The third-order valence-electron chi connectivity index (χ3n) is 2.03. The first-order valence-electron chi connectivity index (χ1n) is 4.47. The van der Waals surface area contributed by atoms with Crippen molar-refractivity contribution in [3.63, 3.8) is 0 Å². The van der Waals surface area contributed by atoms with Gasteiger partial charge >= 0.3 is 0 Å². The van der Waals surface area contributed by atoms with E-state index in [1.165, 1.54) is 0 Å². The Bertz CT molecular complexity index is 331. The van der Waals surface area contributed by atoms with Crippen molar-refractivity contribution in [1.82, 2.24) is 0 Å². The maximum Gasteiger partial charge on any atom is 0.122 e. The van der Waals surface area contributed by atoms with Crippen LogP contribution in [-0.4, -0.2) is 13.1 Å². The number of hydrogen-bond acceptors (Lipinski definition) is 3. The number of carboxylic acids is 1. The van der Waals surface area contributed by atoms with Crippen molar-refractivity contribution in [2.75, 3.05) is 7.11 Å². The van der Waals surface area contributed by atoms with E-state index in [0.29, 0.717) is 6.42 Å². The molecule has 76 valence electrons. The molecule has 1 rings (SSSR count). The molecule has 0 amide bonds. The summed E-state index contributed by atoms with van der Waals surface area (Å²) in [6.45, 7) is 1.96. The SMILES string of the molecule is COc1ccc(C)cc1CCC(=O)[O-]. The fourth-order valence-corrected chi connectivity index (χ4v) is 1.34. The van der Waals surface area contributed by atoms with Gasteiger partial charge in [-0.2, -0.15) is 0 Å². The second-order valence-electron chi connectivity index (χ2n) is 3.19. The molecule has 1 aromatic carbocycles. The molecule has 0 bridgehead atoms. The third kappa shape index (κ3) is 2.76. The van der Waals surface area contributed by atoms with Crippen LogP contribution in [0.1, 0.15) is 17.5 Å². The van der Waals surface area contributed by atoms with Crippen molar-refractivity contribution in [3.05, 3.63) is 29.3 Å². The van der Waals surface area contributed by atoms with E-state index in [-0.39, 0.29) is 6.42 Å². The number of benzene rings is 1. The van der Waals surface area contributed by atoms with Crippen LogP contribution in [0.3, 0.4) is 0 Å². The monoisotopic (exact) mass is 193 g/mol. The van der Waals surface area contributed by atoms with Crippen LogP contribution < -0.4 is 9.84 Å². The number of ether oxygens (including phenoxy) is 1. The summed E-state index contributed by atoms with van der Waals surface area (Å²) in [7, 11) is 1.58. The molecule has 0 fully saturated rings. The van der Waals surface area contributed by atoms with Crippen LogP contribution >= 0.6 is 0 Å². The van der Waals surface area contributed by atoms with Crippen LogP contribution in [0.25, 0.3) is 0 Å². The zero-order valence-electron chi connectivity index (χ0n) is 8.37. The number of aliphatic carboxylic acids is 1. The molecular weight excluding hydrogens is 180 g/mol. The van der Waals surface area contributed by atoms with Gasteiger partial charge in [0, 0.05) is 5.97 Å². The summed E-state index contributed by atoms with van der Waals surface area (Å²) in [5.74, 6) is -0.301. The van der Waals surface area contributed by atoms with Gasteiger partial charge in [-0.25, -0.2) is 0 Å². The summed E-state index contributed by atoms with van der Waals surface area (Å²) >= 11 is 0. The zero-order valence-corrected chi connectivity index (χ0v) is 8.37. The van der Waals surface area contributed by atoms with Crippen molar-refractivity contribution in [2.45, 2.75) is 19.8 Å². The summed E-state index contributed by atoms with van der Waals surface area (Å²) in [6, 6.07) is 5.71. The Morgan fingerprint density at radius 2 is 2.21 bits per heavy atom. The lowest BCUT2D eigenvalue weighted by Gasteiger charge is -2.09. The van der Waals surface area contributed by atoms with Gasteiger partial charge in [0.1, 0.15) is 5.75 Å². The molecule has 0 aliphatic rings. The first-order valence-corrected chi connectivity index (χ1v) is 4.47. The summed E-state index contributed by atoms with van der Waals surface area (Å²) in [5, 5.41) is 10.3. The van der Waals surface area contributed by atoms with Crippen molar-refractivity contribution in [2.24, 2.45) is 0 Å². The summed E-state index contributed by atoms with van der Waals surface area (Å²) in [4.78, 5) is 10.3. The maximum atomic E-state index is 10.3. The molecule has 0 atom stereocenters. The number of rotatable bonds is 4. The minimum atomic E-state index is -1.03. The molecule has 0 N–H and O–H groups in total. The second-order valence-corrected chi connectivity index (χ2v) is 3.19. The molecule has 0 heterocycles. The summed E-state index contributed by atoms with van der Waals surface area (Å²) in [6.07, 6.45) is 0.479. The minimum absolute atomic E-state index is 0.0276. The molecule has 0 aromatic heterocycles. The van der Waals surface area contributed by atoms with E-state index in [4.69, 9.17) is 4.74 Å². The number of hydrogen-bond donors (Lipinski definition) is 0. The molecule has 0 saturated carbocycles. The Labute approximate surface area is 83.3 Å². The van der Waals surface area contributed by atoms with E-state index in [1.54, 1.807) is 7.11 Å². The lowest BCUT2D eigenvalue weighted by molar-refractivity contribution is -0.305. The van der Waals surface area contributed by atoms with E-state index >= 15 is 0 Å². The molecule has 0 radical (unpaired) electrons. The van der Waals surface area contributed by atoms with Crippen LogP contribution in [0.15, 0.2) is 18.2 Å². The van der Waals surface area contributed by atoms with Gasteiger partial charge < -0.3 is 14.6 Å². The van der Waals surface area contributed by atoms with E-state index < -0.39 is 5.97 Å². The van der Waals surface area contributed by atoms with Crippen molar-refractivity contribution >= 4 is 5.97 Å². The number of aryl methyl sites for hydroxylation is 2. The van der Waals surface area contributed by atoms with Gasteiger partial charge in [-0.1, -0.05) is 17.7 Å². The van der Waals surface area contributed by atoms with Crippen molar-refractivity contribution < 1.29 is 14.6 Å². The predicted octanol–water partition coefficient (Wildman–Crippen LogP) is 0.686. The maximum absolute atomic E-state index is 10.3. The molecule has 1 aromatic rings. The lowest BCUT2D eigenvalue weighted by atomic mass is 10.1. The van der Waals surface area contributed by atoms with Crippen LogP contribution in [0.5, 0.6) is 5.75 Å². The first kappa shape index (κ1) is 10.6. The van der Waals surface area contributed by atoms with Gasteiger partial charge in [0.15, 0.2) is 0 Å². The Morgan fingerprint density at radius 3 is 2.79 bits per heavy atom. The number of carboxylic acid groups (broad SMARTS) is 1. The van der Waals surface area contributed by atoms with E-state index in [0.717, 1.165) is 16.9 Å². The van der Waals surface area contributed by atoms with E-state index in [2.05, 4.69) is 0 Å². The molecule has 0 aliphatic heterocycles. The molecule has 3 heteroatoms. The highest BCUT2D eigenvalue weighted by Gasteiger charge is 2.02. The average Bonchev–Trinajstić information content (AvgIpc) is 2.15. The van der Waals surface area contributed by atoms with Gasteiger partial charge in [-0.05, 0) is 31.4 Å². The smallest absolute Gasteiger partial charge is 0.122 e. The number of carbonyl (C=O) groups is 1. The standard InChI is InChI=1S/C11H14O3/c1-8-3-5-10(14-2)9(7-8)4-6-11(12)13/h3,5,7H,4,6H2,1-2H3,(H,12,13)/p-1. The van der Waals surface area contributed by atoms with Crippen LogP contribution in [-0.2, 0) is 11.2 Å². The molecule has 0 aliphatic carbocycles. The Kier molecular flexibility index (Phi) is 3.51. The minimum Gasteiger partial charge on any atom is -0.550 e. The van der Waals surface area contributed by atoms with E-state index in [1.807, 2.05) is 25.1 Å². The largest absolute Gasteiger partial charge is 0.550 e. The summed E-state index contributed by atoms with van der Waals surface area (Å²) < 4.78 is 5.12. The second kappa shape index (κ2) is 4.65. The van der Waals surface area contributed by atoms with Crippen LogP contribution in [0.2, 0.25) is 0 Å². The van der Waals surface area contributed by atoms with Gasteiger partial charge in [0.05, 0.1) is 7.11 Å². The Morgan fingerprint density at radius 1 is 1.50 bits per heavy atom. The molecule has 0 unspecified atom stereocenters. The van der Waals surface area contributed by atoms with Crippen LogP contribution in [0.4, 0.5) is 0 Å². The topological polar surface area (TPSA) is 49.4 Å². The Balaban J connectivity index is 2.82. The van der Waals surface area contributed by atoms with E-state index in [9.17, 15) is 9.90 Å². The molecule has 0 spiro atoms. The fraction of sp³-hybridized carbons (Fsp3) is 0.364. The quantitative estimate of drug-likeness (QED) is 0.706. The Hall–Kier alpha value is -1.51. The van der Waals surface area contributed by atoms with Crippen molar-refractivity contribution in [3.8, 4) is 5.75 Å². The highest BCUT2D eigenvalue weighted by atomic mass is 16.5. The zero-order chi connectivity index (χ0) is 10.6. The van der Waals surface area contributed by atoms with Gasteiger partial charge in [0.25, 0.3) is 0 Å². The van der Waals surface area contributed by atoms with Gasteiger partial charge in [-0.15, -0.1) is 0 Å². The fourth-order valence-electron chi connectivity index (χ4n) is 1.34. The molecule has 3 nitrogen and oxygen atoms in total. The average molecular weight is 193 g/mol. The third-order valence-corrected chi connectivity index (χ3v) is 2.03. The van der Waals surface area contributed by atoms with Gasteiger partial charge in [-0.3, -0.25) is 0 Å². The lowest BCUT2D eigenvalue weighted by Crippen LogP contribution is -2.22. The highest BCUT2D eigenvalue weighted by Crippen LogP contribution is 2.20. The molecular formula is C11H13O3-.